The third-order valence-corrected chi connectivity index (χ3v) is 5.62. The molecule has 0 bridgehead atoms. The highest BCUT2D eigenvalue weighted by Gasteiger charge is 2.18. The Hall–Kier alpha value is -4.20. The van der Waals surface area contributed by atoms with E-state index in [0.717, 1.165) is 35.3 Å². The zero-order valence-electron chi connectivity index (χ0n) is 19.8. The Morgan fingerprint density at radius 1 is 1.03 bits per heavy atom. The molecule has 0 atom stereocenters. The van der Waals surface area contributed by atoms with Gasteiger partial charge in [-0.15, -0.1) is 0 Å². The average molecular weight is 457 g/mol. The van der Waals surface area contributed by atoms with Gasteiger partial charge in [0.1, 0.15) is 5.75 Å². The second kappa shape index (κ2) is 10.2. The molecule has 4 aromatic rings. The Morgan fingerprint density at radius 3 is 2.47 bits per heavy atom. The number of nitrogens with one attached hydrogen (secondary N) is 2. The highest BCUT2D eigenvalue weighted by molar-refractivity contribution is 6.04. The van der Waals surface area contributed by atoms with E-state index in [9.17, 15) is 4.79 Å². The smallest absolute Gasteiger partial charge is 0.276 e. The summed E-state index contributed by atoms with van der Waals surface area (Å²) in [6.45, 7) is 4.16. The van der Waals surface area contributed by atoms with Crippen LogP contribution in [0.4, 0.5) is 17.3 Å². The lowest BCUT2D eigenvalue weighted by Gasteiger charge is -2.13. The van der Waals surface area contributed by atoms with Gasteiger partial charge in [0.15, 0.2) is 5.69 Å². The number of aromatic nitrogens is 4. The Labute approximate surface area is 199 Å². The van der Waals surface area contributed by atoms with Crippen LogP contribution in [0.15, 0.2) is 60.8 Å². The third-order valence-electron chi connectivity index (χ3n) is 5.62. The molecule has 34 heavy (non-hydrogen) atoms. The molecule has 4 rings (SSSR count). The van der Waals surface area contributed by atoms with E-state index in [2.05, 4.69) is 39.5 Å². The Kier molecular flexibility index (Phi) is 6.87. The molecule has 0 spiro atoms. The fourth-order valence-electron chi connectivity index (χ4n) is 3.83. The van der Waals surface area contributed by atoms with Crippen LogP contribution in [0.25, 0.3) is 11.4 Å². The van der Waals surface area contributed by atoms with Crippen molar-refractivity contribution in [1.29, 1.82) is 0 Å². The van der Waals surface area contributed by atoms with E-state index < -0.39 is 0 Å². The maximum Gasteiger partial charge on any atom is 0.276 e. The molecule has 2 N–H and O–H groups in total. The molecular weight excluding hydrogens is 428 g/mol. The lowest BCUT2D eigenvalue weighted by molar-refractivity contribution is 0.102. The number of ether oxygens (including phenoxy) is 1. The first kappa shape index (κ1) is 23.0. The van der Waals surface area contributed by atoms with Crippen molar-refractivity contribution in [2.75, 3.05) is 17.7 Å². The van der Waals surface area contributed by atoms with Gasteiger partial charge in [-0.2, -0.15) is 5.10 Å². The second-order valence-corrected chi connectivity index (χ2v) is 7.74. The van der Waals surface area contributed by atoms with Gasteiger partial charge in [-0.1, -0.05) is 44.2 Å². The van der Waals surface area contributed by atoms with E-state index in [0.29, 0.717) is 28.8 Å². The number of nitrogens with zero attached hydrogens (tertiary/aromatic N) is 4. The number of rotatable bonds is 8. The van der Waals surface area contributed by atoms with Crippen LogP contribution in [0.2, 0.25) is 0 Å². The molecule has 0 aliphatic rings. The van der Waals surface area contributed by atoms with E-state index in [1.165, 1.54) is 0 Å². The standard InChI is InChI=1S/C26H28N6O2/c1-5-17-10-9-11-18(6-2)24(17)30-25(33)21-16-22(32(3)31-21)19-14-15-27-26(28-19)29-20-12-7-8-13-23(20)34-4/h7-16H,5-6H2,1-4H3,(H,30,33)(H,27,28,29). The summed E-state index contributed by atoms with van der Waals surface area (Å²) in [6.07, 6.45) is 3.33. The van der Waals surface area contributed by atoms with Gasteiger partial charge in [0, 0.05) is 18.9 Å². The number of hydrogen-bond donors (Lipinski definition) is 2. The van der Waals surface area contributed by atoms with Crippen molar-refractivity contribution in [2.45, 2.75) is 26.7 Å². The minimum absolute atomic E-state index is 0.251. The predicted molar refractivity (Wildman–Crippen MR) is 134 cm³/mol. The topological polar surface area (TPSA) is 94.0 Å². The van der Waals surface area contributed by atoms with Crippen LogP contribution in [-0.4, -0.2) is 32.8 Å². The van der Waals surface area contributed by atoms with Crippen LogP contribution in [-0.2, 0) is 19.9 Å². The summed E-state index contributed by atoms with van der Waals surface area (Å²) in [5, 5.41) is 10.7. The van der Waals surface area contributed by atoms with Crippen molar-refractivity contribution >= 4 is 23.2 Å². The van der Waals surface area contributed by atoms with Crippen LogP contribution in [0, 0.1) is 0 Å². The molecule has 2 aromatic heterocycles. The molecule has 8 heteroatoms. The molecule has 2 aromatic carbocycles. The zero-order valence-corrected chi connectivity index (χ0v) is 19.8. The predicted octanol–water partition coefficient (Wildman–Crippen LogP) is 5.01. The highest BCUT2D eigenvalue weighted by Crippen LogP contribution is 2.27. The molecule has 174 valence electrons. The highest BCUT2D eigenvalue weighted by atomic mass is 16.5. The van der Waals surface area contributed by atoms with Crippen molar-refractivity contribution in [3.63, 3.8) is 0 Å². The van der Waals surface area contributed by atoms with Crippen LogP contribution >= 0.6 is 0 Å². The number of hydrogen-bond acceptors (Lipinski definition) is 6. The van der Waals surface area contributed by atoms with Crippen molar-refractivity contribution < 1.29 is 9.53 Å². The Bertz CT molecular complexity index is 1290. The minimum atomic E-state index is -0.251. The van der Waals surface area contributed by atoms with Gasteiger partial charge in [0.05, 0.1) is 24.2 Å². The number of aryl methyl sites for hydroxylation is 3. The molecule has 0 fully saturated rings. The van der Waals surface area contributed by atoms with Crippen LogP contribution < -0.4 is 15.4 Å². The van der Waals surface area contributed by atoms with Gasteiger partial charge in [-0.25, -0.2) is 9.97 Å². The monoisotopic (exact) mass is 456 g/mol. The summed E-state index contributed by atoms with van der Waals surface area (Å²) in [6, 6.07) is 17.2. The van der Waals surface area contributed by atoms with Gasteiger partial charge in [-0.05, 0) is 48.2 Å². The number of carbonyl (C=O) groups excluding carboxylic acids is 1. The first-order valence-corrected chi connectivity index (χ1v) is 11.2. The third kappa shape index (κ3) is 4.76. The van der Waals surface area contributed by atoms with Gasteiger partial charge >= 0.3 is 0 Å². The number of amides is 1. The molecule has 8 nitrogen and oxygen atoms in total. The number of anilines is 3. The first-order chi connectivity index (χ1) is 16.5. The molecule has 0 saturated heterocycles. The molecule has 2 heterocycles. The van der Waals surface area contributed by atoms with Crippen LogP contribution in [0.1, 0.15) is 35.5 Å². The largest absolute Gasteiger partial charge is 0.495 e. The normalized spacial score (nSPS) is 10.7. The molecule has 0 radical (unpaired) electrons. The van der Waals surface area contributed by atoms with E-state index in [1.54, 1.807) is 37.2 Å². The molecule has 0 aliphatic heterocycles. The van der Waals surface area contributed by atoms with Gasteiger partial charge < -0.3 is 15.4 Å². The fourth-order valence-corrected chi connectivity index (χ4v) is 3.83. The lowest BCUT2D eigenvalue weighted by Crippen LogP contribution is -2.15. The van der Waals surface area contributed by atoms with E-state index >= 15 is 0 Å². The maximum absolute atomic E-state index is 13.1. The molecule has 0 unspecified atom stereocenters. The summed E-state index contributed by atoms with van der Waals surface area (Å²) in [5.74, 6) is 0.854. The summed E-state index contributed by atoms with van der Waals surface area (Å²) in [7, 11) is 3.40. The van der Waals surface area contributed by atoms with E-state index in [1.807, 2.05) is 42.5 Å². The Morgan fingerprint density at radius 2 is 1.76 bits per heavy atom. The first-order valence-electron chi connectivity index (χ1n) is 11.2. The fraction of sp³-hybridized carbons (Fsp3) is 0.231. The number of benzene rings is 2. The van der Waals surface area contributed by atoms with Gasteiger partial charge in [-0.3, -0.25) is 9.48 Å². The number of methoxy groups -OCH3 is 1. The second-order valence-electron chi connectivity index (χ2n) is 7.74. The average Bonchev–Trinajstić information content (AvgIpc) is 3.26. The van der Waals surface area contributed by atoms with Gasteiger partial charge in [0.25, 0.3) is 5.91 Å². The molecule has 0 saturated carbocycles. The van der Waals surface area contributed by atoms with Crippen molar-refractivity contribution in [3.05, 3.63) is 77.6 Å². The van der Waals surface area contributed by atoms with Crippen LogP contribution in [0.5, 0.6) is 5.75 Å². The lowest BCUT2D eigenvalue weighted by atomic mass is 10.0. The molecule has 0 aliphatic carbocycles. The minimum Gasteiger partial charge on any atom is -0.495 e. The van der Waals surface area contributed by atoms with Gasteiger partial charge in [0.2, 0.25) is 5.95 Å². The summed E-state index contributed by atoms with van der Waals surface area (Å²) in [5.41, 5.74) is 5.50. The van der Waals surface area contributed by atoms with Crippen molar-refractivity contribution in [3.8, 4) is 17.1 Å². The van der Waals surface area contributed by atoms with Crippen LogP contribution in [0.3, 0.4) is 0 Å². The van der Waals surface area contributed by atoms with Crippen molar-refractivity contribution in [2.24, 2.45) is 7.05 Å². The SMILES string of the molecule is CCc1cccc(CC)c1NC(=O)c1cc(-c2ccnc(Nc3ccccc3OC)n2)n(C)n1. The summed E-state index contributed by atoms with van der Waals surface area (Å²) < 4.78 is 7.04. The number of carbonyl (C=O) groups is 1. The van der Waals surface area contributed by atoms with E-state index in [4.69, 9.17) is 4.74 Å². The summed E-state index contributed by atoms with van der Waals surface area (Å²) >= 11 is 0. The zero-order chi connectivity index (χ0) is 24.1. The van der Waals surface area contributed by atoms with Crippen molar-refractivity contribution in [1.82, 2.24) is 19.7 Å². The Balaban J connectivity index is 1.59. The summed E-state index contributed by atoms with van der Waals surface area (Å²) in [4.78, 5) is 22.0. The molecular formula is C26H28N6O2. The van der Waals surface area contributed by atoms with E-state index in [-0.39, 0.29) is 5.91 Å². The maximum atomic E-state index is 13.1. The molecule has 1 amide bonds. The quantitative estimate of drug-likeness (QED) is 0.387. The number of para-hydroxylation sites is 3.